The number of rotatable bonds is 1. The highest BCUT2D eigenvalue weighted by atomic mass is 35.5. The van der Waals surface area contributed by atoms with Crippen LogP contribution in [0.3, 0.4) is 0 Å². The molecule has 0 radical (unpaired) electrons. The van der Waals surface area contributed by atoms with Crippen LogP contribution in [0.25, 0.3) is 11.3 Å². The van der Waals surface area contributed by atoms with Gasteiger partial charge in [-0.05, 0) is 26.0 Å². The zero-order valence-corrected chi connectivity index (χ0v) is 9.72. The molecule has 1 heterocycles. The number of benzene rings is 1. The summed E-state index contributed by atoms with van der Waals surface area (Å²) in [6, 6.07) is 6.49. The molecule has 0 fully saturated rings. The highest BCUT2D eigenvalue weighted by Crippen LogP contribution is 2.27. The lowest BCUT2D eigenvalue weighted by Crippen LogP contribution is -1.97. The molecule has 0 spiro atoms. The summed E-state index contributed by atoms with van der Waals surface area (Å²) in [5.41, 5.74) is 1.69. The molecule has 0 N–H and O–H groups in total. The van der Waals surface area contributed by atoms with Gasteiger partial charge in [0.15, 0.2) is 0 Å². The van der Waals surface area contributed by atoms with Gasteiger partial charge >= 0.3 is 0 Å². The minimum Gasteiger partial charge on any atom is -0.233 e. The molecule has 0 atom stereocenters. The first-order valence-corrected chi connectivity index (χ1v) is 5.23. The summed E-state index contributed by atoms with van der Waals surface area (Å²) in [5.74, 6) is 0.230. The largest absolute Gasteiger partial charge is 0.233 e. The van der Waals surface area contributed by atoms with Crippen LogP contribution in [0, 0.1) is 19.7 Å². The fourth-order valence-electron chi connectivity index (χ4n) is 1.51. The Morgan fingerprint density at radius 2 is 1.81 bits per heavy atom. The van der Waals surface area contributed by atoms with Crippen LogP contribution in [0.1, 0.15) is 11.4 Å². The molecule has 0 saturated heterocycles. The van der Waals surface area contributed by atoms with Crippen molar-refractivity contribution >= 4 is 11.6 Å². The Morgan fingerprint density at radius 1 is 1.12 bits per heavy atom. The van der Waals surface area contributed by atoms with Gasteiger partial charge < -0.3 is 0 Å². The maximum Gasteiger partial charge on any atom is 0.136 e. The van der Waals surface area contributed by atoms with Gasteiger partial charge in [0.25, 0.3) is 0 Å². The van der Waals surface area contributed by atoms with Gasteiger partial charge in [-0.2, -0.15) is 0 Å². The van der Waals surface area contributed by atoms with Crippen molar-refractivity contribution in [3.8, 4) is 11.3 Å². The second-order valence-corrected chi connectivity index (χ2v) is 3.87. The minimum atomic E-state index is -0.306. The van der Waals surface area contributed by atoms with Crippen molar-refractivity contribution in [1.29, 1.82) is 0 Å². The van der Waals surface area contributed by atoms with E-state index in [-0.39, 0.29) is 5.82 Å². The lowest BCUT2D eigenvalue weighted by Gasteiger charge is -2.08. The number of hydrogen-bond donors (Lipinski definition) is 0. The van der Waals surface area contributed by atoms with Crippen molar-refractivity contribution < 1.29 is 4.39 Å². The third kappa shape index (κ3) is 1.91. The zero-order valence-electron chi connectivity index (χ0n) is 8.96. The van der Waals surface area contributed by atoms with E-state index in [1.165, 1.54) is 6.07 Å². The number of hydrogen-bond acceptors (Lipinski definition) is 2. The Labute approximate surface area is 98.1 Å². The average molecular weight is 237 g/mol. The Kier molecular flexibility index (Phi) is 2.88. The van der Waals surface area contributed by atoms with Gasteiger partial charge in [0.05, 0.1) is 5.69 Å². The van der Waals surface area contributed by atoms with Crippen molar-refractivity contribution in [1.82, 2.24) is 9.97 Å². The number of aromatic nitrogens is 2. The van der Waals surface area contributed by atoms with Gasteiger partial charge in [-0.1, -0.05) is 23.7 Å². The maximum atomic E-state index is 13.6. The Hall–Kier alpha value is -1.48. The SMILES string of the molecule is Cc1nc(Cl)c(C)c(-c2ccccc2F)n1. The minimum absolute atomic E-state index is 0.306. The molecule has 0 aliphatic heterocycles. The summed E-state index contributed by atoms with van der Waals surface area (Å²) < 4.78 is 13.6. The summed E-state index contributed by atoms with van der Waals surface area (Å²) in [7, 11) is 0. The smallest absolute Gasteiger partial charge is 0.136 e. The molecule has 0 saturated carbocycles. The summed E-state index contributed by atoms with van der Waals surface area (Å²) in [5, 5.41) is 0.366. The first-order valence-electron chi connectivity index (χ1n) is 4.85. The second kappa shape index (κ2) is 4.18. The van der Waals surface area contributed by atoms with Crippen LogP contribution in [0.5, 0.6) is 0 Å². The predicted molar refractivity (Wildman–Crippen MR) is 61.9 cm³/mol. The van der Waals surface area contributed by atoms with Gasteiger partial charge in [-0.3, -0.25) is 0 Å². The van der Waals surface area contributed by atoms with Gasteiger partial charge in [0, 0.05) is 11.1 Å². The maximum absolute atomic E-state index is 13.6. The molecule has 2 rings (SSSR count). The molecule has 82 valence electrons. The molecule has 16 heavy (non-hydrogen) atoms. The van der Waals surface area contributed by atoms with E-state index < -0.39 is 0 Å². The van der Waals surface area contributed by atoms with E-state index >= 15 is 0 Å². The first-order chi connectivity index (χ1) is 7.59. The highest BCUT2D eigenvalue weighted by Gasteiger charge is 2.12. The van der Waals surface area contributed by atoms with Crippen LogP contribution in [0.2, 0.25) is 5.15 Å². The molecule has 0 bridgehead atoms. The molecule has 4 heteroatoms. The summed E-state index contributed by atoms with van der Waals surface area (Å²) >= 11 is 5.95. The molecule has 1 aromatic heterocycles. The van der Waals surface area contributed by atoms with Crippen LogP contribution in [0.4, 0.5) is 4.39 Å². The van der Waals surface area contributed by atoms with Crippen molar-refractivity contribution in [2.24, 2.45) is 0 Å². The van der Waals surface area contributed by atoms with E-state index in [9.17, 15) is 4.39 Å². The predicted octanol–water partition coefficient (Wildman–Crippen LogP) is 3.55. The average Bonchev–Trinajstić information content (AvgIpc) is 2.24. The normalized spacial score (nSPS) is 10.5. The van der Waals surface area contributed by atoms with E-state index in [2.05, 4.69) is 9.97 Å². The molecule has 0 amide bonds. The van der Waals surface area contributed by atoms with Gasteiger partial charge in [0.1, 0.15) is 16.8 Å². The zero-order chi connectivity index (χ0) is 11.7. The number of aryl methyl sites for hydroxylation is 1. The van der Waals surface area contributed by atoms with Gasteiger partial charge in [0.2, 0.25) is 0 Å². The standard InChI is InChI=1S/C12H10ClFN2/c1-7-11(15-8(2)16-12(7)13)9-5-3-4-6-10(9)14/h3-6H,1-2H3. The van der Waals surface area contributed by atoms with Gasteiger partial charge in [-0.15, -0.1) is 0 Å². The van der Waals surface area contributed by atoms with Crippen molar-refractivity contribution in [3.05, 3.63) is 46.6 Å². The number of halogens is 2. The van der Waals surface area contributed by atoms with E-state index in [4.69, 9.17) is 11.6 Å². The third-order valence-electron chi connectivity index (χ3n) is 2.33. The Bertz CT molecular complexity index is 541. The van der Waals surface area contributed by atoms with E-state index in [1.54, 1.807) is 32.0 Å². The molecule has 2 nitrogen and oxygen atoms in total. The second-order valence-electron chi connectivity index (χ2n) is 3.52. The topological polar surface area (TPSA) is 25.8 Å². The fourth-order valence-corrected chi connectivity index (χ4v) is 1.72. The van der Waals surface area contributed by atoms with Gasteiger partial charge in [-0.25, -0.2) is 14.4 Å². The van der Waals surface area contributed by atoms with Crippen molar-refractivity contribution in [2.45, 2.75) is 13.8 Å². The van der Waals surface area contributed by atoms with Crippen molar-refractivity contribution in [3.63, 3.8) is 0 Å². The van der Waals surface area contributed by atoms with Crippen LogP contribution in [-0.2, 0) is 0 Å². The molecule has 0 aliphatic rings. The summed E-state index contributed by atoms with van der Waals surface area (Å²) in [4.78, 5) is 8.25. The van der Waals surface area contributed by atoms with E-state index in [1.807, 2.05) is 0 Å². The lowest BCUT2D eigenvalue weighted by atomic mass is 10.1. The Balaban J connectivity index is 2.69. The summed E-state index contributed by atoms with van der Waals surface area (Å²) in [6.07, 6.45) is 0. The van der Waals surface area contributed by atoms with Crippen LogP contribution in [0.15, 0.2) is 24.3 Å². The third-order valence-corrected chi connectivity index (χ3v) is 2.70. The lowest BCUT2D eigenvalue weighted by molar-refractivity contribution is 0.630. The summed E-state index contributed by atoms with van der Waals surface area (Å²) in [6.45, 7) is 3.51. The molecule has 1 aromatic carbocycles. The Morgan fingerprint density at radius 3 is 2.50 bits per heavy atom. The highest BCUT2D eigenvalue weighted by molar-refractivity contribution is 6.30. The van der Waals surface area contributed by atoms with Crippen LogP contribution < -0.4 is 0 Å². The molecular weight excluding hydrogens is 227 g/mol. The van der Waals surface area contributed by atoms with E-state index in [0.717, 1.165) is 0 Å². The monoisotopic (exact) mass is 236 g/mol. The molecule has 0 aliphatic carbocycles. The van der Waals surface area contributed by atoms with Crippen molar-refractivity contribution in [2.75, 3.05) is 0 Å². The fraction of sp³-hybridized carbons (Fsp3) is 0.167. The van der Waals surface area contributed by atoms with E-state index in [0.29, 0.717) is 27.8 Å². The molecule has 0 unspecified atom stereocenters. The number of nitrogens with zero attached hydrogens (tertiary/aromatic N) is 2. The molecule has 2 aromatic rings. The van der Waals surface area contributed by atoms with Crippen LogP contribution >= 0.6 is 11.6 Å². The first kappa shape index (κ1) is 11.0. The quantitative estimate of drug-likeness (QED) is 0.708. The van der Waals surface area contributed by atoms with Crippen LogP contribution in [-0.4, -0.2) is 9.97 Å². The molecular formula is C12H10ClFN2.